The lowest BCUT2D eigenvalue weighted by Crippen LogP contribution is -2.16. The van der Waals surface area contributed by atoms with Crippen LogP contribution in [0.15, 0.2) is 58.3 Å². The Bertz CT molecular complexity index is 767. The Kier molecular flexibility index (Phi) is 6.17. The first kappa shape index (κ1) is 19.4. The second-order valence-corrected chi connectivity index (χ2v) is 9.61. The fraction of sp³-hybridized carbons (Fsp3) is 0.381. The van der Waals surface area contributed by atoms with Crippen molar-refractivity contribution >= 4 is 15.4 Å². The van der Waals surface area contributed by atoms with Gasteiger partial charge >= 0.3 is 0 Å². The Labute approximate surface area is 152 Å². The van der Waals surface area contributed by atoms with E-state index >= 15 is 0 Å². The van der Waals surface area contributed by atoms with Crippen LogP contribution in [0.3, 0.4) is 0 Å². The Morgan fingerprint density at radius 3 is 1.72 bits per heavy atom. The van der Waals surface area contributed by atoms with Crippen molar-refractivity contribution < 1.29 is 13.7 Å². The Morgan fingerprint density at radius 1 is 0.880 bits per heavy atom. The topological polar surface area (TPSA) is 35.5 Å². The number of benzene rings is 2. The molecule has 4 heteroatoms. The van der Waals surface area contributed by atoms with Crippen LogP contribution in [0.2, 0.25) is 0 Å². The molecule has 0 amide bonds. The van der Waals surface area contributed by atoms with Gasteiger partial charge in [0.15, 0.2) is 0 Å². The van der Waals surface area contributed by atoms with Gasteiger partial charge in [-0.3, -0.25) is 4.21 Å². The molecule has 3 nitrogen and oxygen atoms in total. The van der Waals surface area contributed by atoms with Crippen LogP contribution in [0.4, 0.5) is 0 Å². The van der Waals surface area contributed by atoms with E-state index in [4.69, 9.17) is 9.47 Å². The van der Waals surface area contributed by atoms with Gasteiger partial charge in [0.05, 0.1) is 13.2 Å². The molecule has 2 rings (SSSR count). The molecule has 25 heavy (non-hydrogen) atoms. The van der Waals surface area contributed by atoms with Crippen LogP contribution in [0, 0.1) is 5.41 Å². The third kappa shape index (κ3) is 5.53. The Morgan fingerprint density at radius 2 is 1.32 bits per heavy atom. The number of hydrogen-bond acceptors (Lipinski definition) is 3. The highest BCUT2D eigenvalue weighted by molar-refractivity contribution is 8.00. The summed E-state index contributed by atoms with van der Waals surface area (Å²) < 4.78 is 24.5. The SMILES string of the molecule is C=S(=O)(c1ccc(OCCC)cc1)c1ccc(OCC(C)(C)C)cc1. The zero-order chi connectivity index (χ0) is 18.5. The van der Waals surface area contributed by atoms with Crippen LogP contribution < -0.4 is 9.47 Å². The van der Waals surface area contributed by atoms with E-state index in [1.165, 1.54) is 0 Å². The molecule has 0 aliphatic rings. The minimum Gasteiger partial charge on any atom is -0.494 e. The summed E-state index contributed by atoms with van der Waals surface area (Å²) in [5, 5.41) is 0. The van der Waals surface area contributed by atoms with Gasteiger partial charge in [-0.1, -0.05) is 27.7 Å². The molecule has 0 spiro atoms. The molecular formula is C21H28O3S. The zero-order valence-electron chi connectivity index (χ0n) is 15.6. The largest absolute Gasteiger partial charge is 0.494 e. The van der Waals surface area contributed by atoms with Gasteiger partial charge in [0, 0.05) is 19.3 Å². The van der Waals surface area contributed by atoms with Crippen molar-refractivity contribution in [2.45, 2.75) is 43.9 Å². The highest BCUT2D eigenvalue weighted by atomic mass is 32.2. The van der Waals surface area contributed by atoms with Crippen molar-refractivity contribution in [2.24, 2.45) is 5.41 Å². The van der Waals surface area contributed by atoms with Crippen LogP contribution in [-0.4, -0.2) is 23.3 Å². The maximum Gasteiger partial charge on any atom is 0.119 e. The molecule has 0 saturated carbocycles. The second kappa shape index (κ2) is 7.96. The number of rotatable bonds is 7. The predicted octanol–water partition coefficient (Wildman–Crippen LogP) is 5.03. The van der Waals surface area contributed by atoms with Crippen LogP contribution >= 0.6 is 0 Å². The molecule has 2 aromatic rings. The number of hydrogen-bond donors (Lipinski definition) is 0. The van der Waals surface area contributed by atoms with Crippen LogP contribution in [0.25, 0.3) is 0 Å². The van der Waals surface area contributed by atoms with E-state index in [0.29, 0.717) is 23.0 Å². The fourth-order valence-corrected chi connectivity index (χ4v) is 3.59. The summed E-state index contributed by atoms with van der Waals surface area (Å²) in [4.78, 5) is 1.39. The van der Waals surface area contributed by atoms with Crippen molar-refractivity contribution in [2.75, 3.05) is 13.2 Å². The third-order valence-electron chi connectivity index (χ3n) is 3.55. The summed E-state index contributed by atoms with van der Waals surface area (Å²) in [5.41, 5.74) is 0.0973. The standard InChI is InChI=1S/C21H28O3S/c1-6-15-23-17-7-11-19(12-8-17)25(5,22)20-13-9-18(10-14-20)24-16-21(2,3)4/h7-14H,5-6,15-16H2,1-4H3. The van der Waals surface area contributed by atoms with Gasteiger partial charge in [0.25, 0.3) is 0 Å². The van der Waals surface area contributed by atoms with Crippen molar-refractivity contribution in [1.29, 1.82) is 0 Å². The van der Waals surface area contributed by atoms with E-state index in [1.807, 2.05) is 48.5 Å². The van der Waals surface area contributed by atoms with Crippen molar-refractivity contribution in [1.82, 2.24) is 0 Å². The van der Waals surface area contributed by atoms with Crippen LogP contribution in [0.5, 0.6) is 11.5 Å². The maximum atomic E-state index is 13.2. The van der Waals surface area contributed by atoms with E-state index < -0.39 is 9.52 Å². The molecule has 0 saturated heterocycles. The molecular weight excluding hydrogens is 332 g/mol. The van der Waals surface area contributed by atoms with Gasteiger partial charge in [-0.05, 0) is 66.2 Å². The zero-order valence-corrected chi connectivity index (χ0v) is 16.4. The summed E-state index contributed by atoms with van der Waals surface area (Å²) in [7, 11) is -2.55. The quantitative estimate of drug-likeness (QED) is 0.649. The summed E-state index contributed by atoms with van der Waals surface area (Å²) in [6, 6.07) is 14.7. The van der Waals surface area contributed by atoms with Gasteiger partial charge < -0.3 is 9.47 Å². The highest BCUT2D eigenvalue weighted by Crippen LogP contribution is 2.25. The maximum absolute atomic E-state index is 13.2. The molecule has 2 aromatic carbocycles. The fourth-order valence-electron chi connectivity index (χ4n) is 2.17. The molecule has 1 atom stereocenters. The first-order valence-corrected chi connectivity index (χ1v) is 10.3. The summed E-state index contributed by atoms with van der Waals surface area (Å²) >= 11 is 0. The Balaban J connectivity index is 2.13. The lowest BCUT2D eigenvalue weighted by molar-refractivity contribution is 0.198. The third-order valence-corrected chi connectivity index (χ3v) is 5.62. The summed E-state index contributed by atoms with van der Waals surface area (Å²) in [6.07, 6.45) is 0.956. The normalized spacial score (nSPS) is 13.9. The average Bonchev–Trinajstić information content (AvgIpc) is 2.58. The molecule has 0 aromatic heterocycles. The second-order valence-electron chi connectivity index (χ2n) is 7.32. The van der Waals surface area contributed by atoms with Crippen molar-refractivity contribution in [3.05, 3.63) is 48.5 Å². The van der Waals surface area contributed by atoms with E-state index in [2.05, 4.69) is 33.6 Å². The van der Waals surface area contributed by atoms with Gasteiger partial charge in [-0.25, -0.2) is 0 Å². The lowest BCUT2D eigenvalue weighted by Gasteiger charge is -2.19. The molecule has 0 heterocycles. The molecule has 0 fully saturated rings. The molecule has 0 bridgehead atoms. The molecule has 0 N–H and O–H groups in total. The van der Waals surface area contributed by atoms with E-state index in [9.17, 15) is 4.21 Å². The average molecular weight is 361 g/mol. The van der Waals surface area contributed by atoms with E-state index in [1.54, 1.807) is 0 Å². The van der Waals surface area contributed by atoms with Gasteiger partial charge in [-0.2, -0.15) is 0 Å². The molecule has 0 radical (unpaired) electrons. The highest BCUT2D eigenvalue weighted by Gasteiger charge is 2.13. The van der Waals surface area contributed by atoms with Gasteiger partial charge in [0.1, 0.15) is 11.5 Å². The summed E-state index contributed by atoms with van der Waals surface area (Å²) in [6.45, 7) is 9.74. The lowest BCUT2D eigenvalue weighted by atomic mass is 9.99. The minimum atomic E-state index is -2.55. The van der Waals surface area contributed by atoms with Crippen LogP contribution in [0.1, 0.15) is 34.1 Å². The van der Waals surface area contributed by atoms with Crippen LogP contribution in [-0.2, 0) is 9.52 Å². The number of ether oxygens (including phenoxy) is 2. The molecule has 0 aliphatic carbocycles. The summed E-state index contributed by atoms with van der Waals surface area (Å²) in [5.74, 6) is 5.52. The monoisotopic (exact) mass is 360 g/mol. The first-order chi connectivity index (χ1) is 11.7. The Hall–Kier alpha value is -1.94. The van der Waals surface area contributed by atoms with E-state index in [-0.39, 0.29) is 5.41 Å². The van der Waals surface area contributed by atoms with E-state index in [0.717, 1.165) is 17.9 Å². The minimum absolute atomic E-state index is 0.0973. The van der Waals surface area contributed by atoms with Crippen molar-refractivity contribution in [3.63, 3.8) is 0 Å². The molecule has 0 aliphatic heterocycles. The molecule has 136 valence electrons. The molecule has 1 unspecified atom stereocenters. The smallest absolute Gasteiger partial charge is 0.119 e. The van der Waals surface area contributed by atoms with Crippen molar-refractivity contribution in [3.8, 4) is 11.5 Å². The predicted molar refractivity (Wildman–Crippen MR) is 105 cm³/mol. The first-order valence-electron chi connectivity index (χ1n) is 8.55. The van der Waals surface area contributed by atoms with Gasteiger partial charge in [-0.15, -0.1) is 0 Å². The van der Waals surface area contributed by atoms with Gasteiger partial charge in [0.2, 0.25) is 0 Å².